The maximum atomic E-state index is 5.64. The summed E-state index contributed by atoms with van der Waals surface area (Å²) in [6.45, 7) is 6.86. The number of nitrogen functional groups attached to an aromatic ring is 1. The minimum atomic E-state index is 0.761. The molecule has 0 aliphatic heterocycles. The zero-order valence-electron chi connectivity index (χ0n) is 7.83. The first-order valence-corrected chi connectivity index (χ1v) is 4.02. The van der Waals surface area contributed by atoms with Crippen molar-refractivity contribution in [2.45, 2.75) is 27.3 Å². The minimum Gasteiger partial charge on any atom is -0.396 e. The van der Waals surface area contributed by atoms with Gasteiger partial charge < -0.3 is 5.73 Å². The van der Waals surface area contributed by atoms with Crippen molar-refractivity contribution in [3.8, 4) is 0 Å². The first-order chi connectivity index (χ1) is 5.59. The van der Waals surface area contributed by atoms with Gasteiger partial charge in [0.05, 0.1) is 17.9 Å². The number of hydrogen-bond acceptors (Lipinski definition) is 2. The van der Waals surface area contributed by atoms with Gasteiger partial charge in [-0.15, -0.1) is 0 Å². The molecule has 66 valence electrons. The van der Waals surface area contributed by atoms with E-state index >= 15 is 0 Å². The van der Waals surface area contributed by atoms with E-state index in [0.717, 1.165) is 17.9 Å². The third-order valence-electron chi connectivity index (χ3n) is 1.67. The van der Waals surface area contributed by atoms with Gasteiger partial charge in [-0.25, -0.2) is 0 Å². The van der Waals surface area contributed by atoms with Gasteiger partial charge in [0.2, 0.25) is 0 Å². The number of anilines is 1. The second kappa shape index (κ2) is 3.43. The summed E-state index contributed by atoms with van der Waals surface area (Å²) in [5, 5.41) is 4.23. The second-order valence-electron chi connectivity index (χ2n) is 3.17. The van der Waals surface area contributed by atoms with Crippen LogP contribution >= 0.6 is 0 Å². The molecule has 1 aromatic heterocycles. The average Bonchev–Trinajstić information content (AvgIpc) is 2.28. The molecule has 0 spiro atoms. The van der Waals surface area contributed by atoms with E-state index in [4.69, 9.17) is 5.73 Å². The zero-order chi connectivity index (χ0) is 9.14. The van der Waals surface area contributed by atoms with Gasteiger partial charge in [0.1, 0.15) is 0 Å². The van der Waals surface area contributed by atoms with Crippen molar-refractivity contribution in [3.05, 3.63) is 23.5 Å². The maximum Gasteiger partial charge on any atom is 0.0823 e. The van der Waals surface area contributed by atoms with E-state index < -0.39 is 0 Å². The number of rotatable bonds is 2. The van der Waals surface area contributed by atoms with E-state index in [1.165, 1.54) is 5.57 Å². The monoisotopic (exact) mass is 165 g/mol. The number of allylic oxidation sites excluding steroid dienone is 2. The molecule has 1 heterocycles. The molecule has 0 fully saturated rings. The lowest BCUT2D eigenvalue weighted by Gasteiger charge is -1.94. The maximum absolute atomic E-state index is 5.64. The van der Waals surface area contributed by atoms with E-state index in [-0.39, 0.29) is 0 Å². The van der Waals surface area contributed by atoms with Crippen LogP contribution in [0.4, 0.5) is 5.69 Å². The summed E-state index contributed by atoms with van der Waals surface area (Å²) in [6, 6.07) is 0. The molecule has 0 aliphatic carbocycles. The number of aryl methyl sites for hydroxylation is 1. The number of nitrogens with two attached hydrogens (primary N) is 1. The van der Waals surface area contributed by atoms with Crippen molar-refractivity contribution in [3.63, 3.8) is 0 Å². The van der Waals surface area contributed by atoms with Crippen LogP contribution in [0.1, 0.15) is 19.5 Å². The van der Waals surface area contributed by atoms with Crippen molar-refractivity contribution < 1.29 is 0 Å². The molecule has 3 nitrogen and oxygen atoms in total. The third kappa shape index (κ3) is 2.12. The molecule has 0 atom stereocenters. The molecule has 12 heavy (non-hydrogen) atoms. The van der Waals surface area contributed by atoms with E-state index in [2.05, 4.69) is 25.0 Å². The Morgan fingerprint density at radius 1 is 1.67 bits per heavy atom. The quantitative estimate of drug-likeness (QED) is 0.678. The molecule has 2 N–H and O–H groups in total. The van der Waals surface area contributed by atoms with Crippen LogP contribution in [0.15, 0.2) is 17.8 Å². The second-order valence-corrected chi connectivity index (χ2v) is 3.17. The van der Waals surface area contributed by atoms with Crippen LogP contribution in [0.5, 0.6) is 0 Å². The van der Waals surface area contributed by atoms with Crippen LogP contribution in [0.3, 0.4) is 0 Å². The van der Waals surface area contributed by atoms with Gasteiger partial charge in [-0.1, -0.05) is 11.6 Å². The van der Waals surface area contributed by atoms with Crippen LogP contribution < -0.4 is 5.73 Å². The van der Waals surface area contributed by atoms with E-state index in [1.807, 2.05) is 17.8 Å². The van der Waals surface area contributed by atoms with E-state index in [1.54, 1.807) is 0 Å². The van der Waals surface area contributed by atoms with Crippen molar-refractivity contribution >= 4 is 5.69 Å². The average molecular weight is 165 g/mol. The smallest absolute Gasteiger partial charge is 0.0823 e. The first kappa shape index (κ1) is 8.84. The van der Waals surface area contributed by atoms with Crippen LogP contribution in [0.25, 0.3) is 0 Å². The largest absolute Gasteiger partial charge is 0.396 e. The minimum absolute atomic E-state index is 0.761. The molecule has 0 aliphatic rings. The van der Waals surface area contributed by atoms with E-state index in [9.17, 15) is 0 Å². The Morgan fingerprint density at radius 3 is 2.75 bits per heavy atom. The van der Waals surface area contributed by atoms with Crippen molar-refractivity contribution in [2.24, 2.45) is 0 Å². The van der Waals surface area contributed by atoms with Crippen LogP contribution in [0.2, 0.25) is 0 Å². The molecule has 0 aromatic carbocycles. The summed E-state index contributed by atoms with van der Waals surface area (Å²) in [5.41, 5.74) is 8.60. The molecule has 0 saturated carbocycles. The summed E-state index contributed by atoms with van der Waals surface area (Å²) >= 11 is 0. The van der Waals surface area contributed by atoms with Gasteiger partial charge in [-0.05, 0) is 20.8 Å². The van der Waals surface area contributed by atoms with Crippen molar-refractivity contribution in [1.82, 2.24) is 9.78 Å². The molecule has 0 unspecified atom stereocenters. The summed E-state index contributed by atoms with van der Waals surface area (Å²) in [7, 11) is 0. The Morgan fingerprint density at radius 2 is 2.33 bits per heavy atom. The zero-order valence-corrected chi connectivity index (χ0v) is 7.83. The molecule has 1 rings (SSSR count). The van der Waals surface area contributed by atoms with Gasteiger partial charge in [0, 0.05) is 6.20 Å². The number of aromatic nitrogens is 2. The highest BCUT2D eigenvalue weighted by Gasteiger charge is 1.97. The van der Waals surface area contributed by atoms with Gasteiger partial charge in [0.15, 0.2) is 0 Å². The molecule has 1 aromatic rings. The van der Waals surface area contributed by atoms with Gasteiger partial charge in [-0.2, -0.15) is 5.10 Å². The number of hydrogen-bond donors (Lipinski definition) is 1. The van der Waals surface area contributed by atoms with Crippen LogP contribution in [-0.2, 0) is 6.54 Å². The molecular formula is C9H15N3. The van der Waals surface area contributed by atoms with Gasteiger partial charge in [-0.3, -0.25) is 4.68 Å². The predicted octanol–water partition coefficient (Wildman–Crippen LogP) is 1.74. The molecule has 0 saturated heterocycles. The number of nitrogens with zero attached hydrogens (tertiary/aromatic N) is 2. The Hall–Kier alpha value is -1.25. The molecule has 0 amide bonds. The Kier molecular flexibility index (Phi) is 2.53. The van der Waals surface area contributed by atoms with E-state index in [0.29, 0.717) is 0 Å². The summed E-state index contributed by atoms with van der Waals surface area (Å²) < 4.78 is 1.84. The van der Waals surface area contributed by atoms with Crippen molar-refractivity contribution in [2.75, 3.05) is 5.73 Å². The van der Waals surface area contributed by atoms with Crippen molar-refractivity contribution in [1.29, 1.82) is 0 Å². The highest BCUT2D eigenvalue weighted by Crippen LogP contribution is 2.06. The standard InChI is InChI=1S/C9H15N3/c1-7(2)4-5-12-6-9(10)8(3)11-12/h4,6H,5,10H2,1-3H3. The summed E-state index contributed by atoms with van der Waals surface area (Å²) in [6.07, 6.45) is 3.97. The normalized spacial score (nSPS) is 9.92. The summed E-state index contributed by atoms with van der Waals surface area (Å²) in [5.74, 6) is 0. The highest BCUT2D eigenvalue weighted by atomic mass is 15.3. The predicted molar refractivity (Wildman–Crippen MR) is 50.8 cm³/mol. The molecule has 0 radical (unpaired) electrons. The molecule has 3 heteroatoms. The lowest BCUT2D eigenvalue weighted by atomic mass is 10.3. The fourth-order valence-electron chi connectivity index (χ4n) is 0.903. The summed E-state index contributed by atoms with van der Waals surface area (Å²) in [4.78, 5) is 0. The fourth-order valence-corrected chi connectivity index (χ4v) is 0.903. The van der Waals surface area contributed by atoms with Crippen LogP contribution in [-0.4, -0.2) is 9.78 Å². The Labute approximate surface area is 72.9 Å². The Balaban J connectivity index is 2.71. The van der Waals surface area contributed by atoms with Gasteiger partial charge in [0.25, 0.3) is 0 Å². The molecular weight excluding hydrogens is 150 g/mol. The third-order valence-corrected chi connectivity index (χ3v) is 1.67. The topological polar surface area (TPSA) is 43.8 Å². The lowest BCUT2D eigenvalue weighted by Crippen LogP contribution is -1.95. The highest BCUT2D eigenvalue weighted by molar-refractivity contribution is 5.39. The first-order valence-electron chi connectivity index (χ1n) is 4.02. The molecule has 0 bridgehead atoms. The van der Waals surface area contributed by atoms with Crippen LogP contribution in [0, 0.1) is 6.92 Å². The fraction of sp³-hybridized carbons (Fsp3) is 0.444. The SMILES string of the molecule is CC(C)=CCn1cc(N)c(C)n1. The Bertz CT molecular complexity index is 273. The lowest BCUT2D eigenvalue weighted by molar-refractivity contribution is 0.691. The van der Waals surface area contributed by atoms with Gasteiger partial charge >= 0.3 is 0 Å².